The highest BCUT2D eigenvalue weighted by Crippen LogP contribution is 2.59. The fraction of sp³-hybridized carbons (Fsp3) is 0.441. The van der Waals surface area contributed by atoms with Crippen molar-refractivity contribution in [3.05, 3.63) is 169 Å². The molecular weight excluding hydrogens is 845 g/mol. The molecule has 0 aliphatic heterocycles. The number of ether oxygens (including phenoxy) is 2. The zero-order valence-corrected chi connectivity index (χ0v) is 43.2. The molecule has 0 bridgehead atoms. The number of carbonyl (C=O) groups is 1. The summed E-state index contributed by atoms with van der Waals surface area (Å²) in [6.45, 7) is 27.3. The van der Waals surface area contributed by atoms with Gasteiger partial charge in [0.2, 0.25) is 0 Å². The van der Waals surface area contributed by atoms with Crippen molar-refractivity contribution in [2.45, 2.75) is 129 Å². The maximum atomic E-state index is 11.6. The molecule has 1 unspecified atom stereocenters. The van der Waals surface area contributed by atoms with Crippen molar-refractivity contribution in [1.29, 1.82) is 0 Å². The monoisotopic (exact) mass is 921 g/mol. The lowest BCUT2D eigenvalue weighted by Gasteiger charge is -2.49. The van der Waals surface area contributed by atoms with E-state index in [1.807, 2.05) is 0 Å². The van der Waals surface area contributed by atoms with E-state index in [2.05, 4.69) is 189 Å². The lowest BCUT2D eigenvalue weighted by Crippen LogP contribution is -2.69. The van der Waals surface area contributed by atoms with E-state index in [1.54, 1.807) is 0 Å². The first-order chi connectivity index (χ1) is 31.5. The lowest BCUT2D eigenvalue weighted by atomic mass is 9.62. The zero-order chi connectivity index (χ0) is 47.2. The molecule has 66 heavy (non-hydrogen) atoms. The van der Waals surface area contributed by atoms with Crippen LogP contribution in [0.15, 0.2) is 169 Å². The number of allylic oxidation sites excluding steroid dienone is 3. The van der Waals surface area contributed by atoms with Gasteiger partial charge in [-0.25, -0.2) is 0 Å². The van der Waals surface area contributed by atoms with Gasteiger partial charge >= 0.3 is 5.97 Å². The molecule has 3 aliphatic rings. The van der Waals surface area contributed by atoms with Crippen LogP contribution in [0.25, 0.3) is 0 Å². The fourth-order valence-corrected chi connectivity index (χ4v) is 21.5. The van der Waals surface area contributed by atoms with E-state index in [1.165, 1.54) is 51.0 Å². The van der Waals surface area contributed by atoms with Gasteiger partial charge in [0, 0.05) is 19.4 Å². The molecule has 0 radical (unpaired) electrons. The Balaban J connectivity index is 1.28. The Morgan fingerprint density at radius 2 is 1.24 bits per heavy atom. The second-order valence-corrected chi connectivity index (χ2v) is 30.0. The summed E-state index contributed by atoms with van der Waals surface area (Å²) in [7, 11) is -4.46. The summed E-state index contributed by atoms with van der Waals surface area (Å²) < 4.78 is 27.0. The highest BCUT2D eigenvalue weighted by Gasteiger charge is 2.55. The van der Waals surface area contributed by atoms with Gasteiger partial charge in [-0.05, 0) is 110 Å². The van der Waals surface area contributed by atoms with Crippen molar-refractivity contribution in [3.8, 4) is 0 Å². The Labute approximate surface area is 399 Å². The third-order valence-corrected chi connectivity index (χ3v) is 25.5. The Hall–Kier alpha value is -4.38. The van der Waals surface area contributed by atoms with Crippen LogP contribution in [0.3, 0.4) is 0 Å². The van der Waals surface area contributed by atoms with Gasteiger partial charge in [0.25, 0.3) is 16.6 Å². The van der Waals surface area contributed by atoms with Crippen molar-refractivity contribution in [2.75, 3.05) is 20.3 Å². The number of carbonyl (C=O) groups excluding carboxylic acids is 1. The first-order valence-electron chi connectivity index (χ1n) is 24.5. The van der Waals surface area contributed by atoms with E-state index < -0.39 is 16.6 Å². The number of methoxy groups -OCH3 is 1. The van der Waals surface area contributed by atoms with Crippen LogP contribution < -0.4 is 20.7 Å². The summed E-state index contributed by atoms with van der Waals surface area (Å²) in [4.78, 5) is 11.6. The second-order valence-electron chi connectivity index (χ2n) is 21.5. The number of hydrogen-bond acceptors (Lipinski definition) is 5. The molecule has 7 heteroatoms. The average molecular weight is 921 g/mol. The van der Waals surface area contributed by atoms with Crippen LogP contribution in [0, 0.1) is 17.3 Å². The molecule has 7 rings (SSSR count). The Bertz CT molecular complexity index is 2250. The first-order valence-corrected chi connectivity index (χ1v) is 28.4. The molecule has 0 saturated heterocycles. The summed E-state index contributed by atoms with van der Waals surface area (Å²) >= 11 is 0. The van der Waals surface area contributed by atoms with Crippen molar-refractivity contribution < 1.29 is 23.1 Å². The van der Waals surface area contributed by atoms with E-state index >= 15 is 0 Å². The third-order valence-electron chi connectivity index (χ3n) is 15.4. The number of esters is 1. The largest absolute Gasteiger partial charge is 0.469 e. The summed E-state index contributed by atoms with van der Waals surface area (Å²) in [5.74, 6) is 0.688. The molecule has 3 fully saturated rings. The van der Waals surface area contributed by atoms with Crippen molar-refractivity contribution in [3.63, 3.8) is 0 Å². The average Bonchev–Trinajstić information content (AvgIpc) is 3.68. The quantitative estimate of drug-likeness (QED) is 0.0485. The predicted octanol–water partition coefficient (Wildman–Crippen LogP) is 11.8. The van der Waals surface area contributed by atoms with Gasteiger partial charge in [0.1, 0.15) is 0 Å². The Kier molecular flexibility index (Phi) is 15.7. The summed E-state index contributed by atoms with van der Waals surface area (Å²) in [6.07, 6.45) is 12.8. The maximum absolute atomic E-state index is 11.6. The smallest absolute Gasteiger partial charge is 0.305 e. The Morgan fingerprint density at radius 3 is 1.73 bits per heavy atom. The molecule has 0 heterocycles. The van der Waals surface area contributed by atoms with Gasteiger partial charge in [-0.3, -0.25) is 4.79 Å². The van der Waals surface area contributed by atoms with Crippen LogP contribution in [0.4, 0.5) is 0 Å². The van der Waals surface area contributed by atoms with E-state index in [0.717, 1.165) is 44.1 Å². The van der Waals surface area contributed by atoms with Gasteiger partial charge in [-0.2, -0.15) is 0 Å². The van der Waals surface area contributed by atoms with Crippen molar-refractivity contribution >= 4 is 43.4 Å². The van der Waals surface area contributed by atoms with Crippen molar-refractivity contribution in [1.82, 2.24) is 0 Å². The highest BCUT2D eigenvalue weighted by atomic mass is 28.4. The predicted molar refractivity (Wildman–Crippen MR) is 279 cm³/mol. The summed E-state index contributed by atoms with van der Waals surface area (Å²) in [6, 6.07) is 44.1. The molecule has 5 nitrogen and oxygen atoms in total. The van der Waals surface area contributed by atoms with E-state index in [9.17, 15) is 4.79 Å². The number of fused-ring (bicyclic) bond motifs is 1. The van der Waals surface area contributed by atoms with Gasteiger partial charge in [-0.1, -0.05) is 201 Å². The normalized spacial score (nSPS) is 24.0. The van der Waals surface area contributed by atoms with Crippen LogP contribution in [0.2, 0.25) is 10.1 Å². The highest BCUT2D eigenvalue weighted by molar-refractivity contribution is 7.00. The molecule has 3 aliphatic carbocycles. The fourth-order valence-electron chi connectivity index (χ4n) is 12.1. The number of rotatable bonds is 16. The minimum absolute atomic E-state index is 0.113. The minimum Gasteiger partial charge on any atom is -0.469 e. The van der Waals surface area contributed by atoms with Crippen molar-refractivity contribution in [2.24, 2.45) is 17.3 Å². The second kappa shape index (κ2) is 20.9. The zero-order valence-electron chi connectivity index (χ0n) is 41.2. The molecule has 5 atom stereocenters. The SMILES string of the molecule is C=C1C(=CC=C2CCC[C@@]3(C)C2CC[C@@H]3C(=C)COCCCC(=O)OC)C[C@@H](O[Si](c2ccccc2)(c2ccccc2)C(C)(C)C)C[C@@H]1O[Si](c1ccccc1)(c1ccccc1)C(C)(C)C. The molecular formula is C59H76O5Si2. The van der Waals surface area contributed by atoms with E-state index in [-0.39, 0.29) is 33.7 Å². The summed E-state index contributed by atoms with van der Waals surface area (Å²) in [5, 5.41) is 4.74. The van der Waals surface area contributed by atoms with Gasteiger partial charge in [0.15, 0.2) is 0 Å². The number of benzene rings is 4. The van der Waals surface area contributed by atoms with Gasteiger partial charge in [0.05, 0.1) is 25.9 Å². The summed E-state index contributed by atoms with van der Waals surface area (Å²) in [5.41, 5.74) is 5.15. The lowest BCUT2D eigenvalue weighted by molar-refractivity contribution is -0.141. The van der Waals surface area contributed by atoms with Crippen LogP contribution in [0.5, 0.6) is 0 Å². The molecule has 0 amide bonds. The van der Waals surface area contributed by atoms with Crippen LogP contribution >= 0.6 is 0 Å². The molecule has 0 spiro atoms. The van der Waals surface area contributed by atoms with Crippen LogP contribution in [0.1, 0.15) is 106 Å². The molecule has 0 N–H and O–H groups in total. The van der Waals surface area contributed by atoms with Crippen LogP contribution in [-0.4, -0.2) is 55.1 Å². The van der Waals surface area contributed by atoms with Gasteiger partial charge in [-0.15, -0.1) is 0 Å². The maximum Gasteiger partial charge on any atom is 0.305 e. The Morgan fingerprint density at radius 1 is 0.742 bits per heavy atom. The minimum atomic E-state index is -2.97. The molecule has 350 valence electrons. The van der Waals surface area contributed by atoms with E-state index in [0.29, 0.717) is 37.9 Å². The topological polar surface area (TPSA) is 54.0 Å². The van der Waals surface area contributed by atoms with E-state index in [4.69, 9.17) is 24.9 Å². The molecule has 0 aromatic heterocycles. The standard InChI is InChI=1S/C59H76O5Si2/c1-44(43-62-40-24-34-56(60)61-10)53-37-38-54-46(25-23-39-59(53,54)9)35-36-47-41-48(63-65(57(3,4)5,49-26-15-11-16-27-49)50-28-17-12-18-29-50)42-55(45(47)2)64-66(58(6,7)8,51-30-19-13-20-31-51)52-32-21-14-22-33-52/h11-22,26-33,35-36,48,53-55H,1-2,23-25,34,37-43H2,3-10H3/t48-,53-,54?,55+,59-/m1/s1. The molecule has 4 aromatic carbocycles. The molecule has 3 saturated carbocycles. The van der Waals surface area contributed by atoms with Crippen LogP contribution in [-0.2, 0) is 23.1 Å². The van der Waals surface area contributed by atoms with Gasteiger partial charge < -0.3 is 18.3 Å². The first kappa shape index (κ1) is 49.5. The third kappa shape index (κ3) is 10.1. The molecule has 4 aromatic rings. The number of hydrogen-bond donors (Lipinski definition) is 0.